The van der Waals surface area contributed by atoms with Crippen molar-refractivity contribution in [2.45, 2.75) is 95.0 Å². The molecule has 0 rings (SSSR count). The summed E-state index contributed by atoms with van der Waals surface area (Å²) in [6.07, 6.45) is -4.01. The van der Waals surface area contributed by atoms with E-state index in [1.54, 1.807) is 0 Å². The van der Waals surface area contributed by atoms with Crippen molar-refractivity contribution in [3.63, 3.8) is 0 Å². The Morgan fingerprint density at radius 2 is 1.08 bits per heavy atom. The molecule has 0 heterocycles. The zero-order valence-electron chi connectivity index (χ0n) is 27.1. The van der Waals surface area contributed by atoms with Crippen molar-refractivity contribution >= 4 is 47.4 Å². The third kappa shape index (κ3) is 17.2. The molecular weight excluding hydrogens is 640 g/mol. The Bertz CT molecular complexity index is 1160. The lowest BCUT2D eigenvalue weighted by Crippen LogP contribution is -2.60. The Morgan fingerprint density at radius 3 is 1.50 bits per heavy atom. The molecule has 0 saturated carbocycles. The lowest BCUT2D eigenvalue weighted by Gasteiger charge is -2.26. The van der Waals surface area contributed by atoms with Gasteiger partial charge in [0, 0.05) is 13.1 Å². The number of carboxylic acids is 1. The minimum Gasteiger partial charge on any atom is -0.480 e. The van der Waals surface area contributed by atoms with Gasteiger partial charge >= 0.3 is 5.97 Å². The van der Waals surface area contributed by atoms with Gasteiger partial charge in [0.05, 0.1) is 24.9 Å². The van der Waals surface area contributed by atoms with Gasteiger partial charge in [-0.1, -0.05) is 0 Å². The highest BCUT2D eigenvalue weighted by Crippen LogP contribution is 2.05. The molecule has 0 aliphatic rings. The minimum absolute atomic E-state index is 0.00559. The van der Waals surface area contributed by atoms with Crippen LogP contribution in [-0.2, 0) is 28.8 Å². The number of aliphatic hydroxyl groups excluding tert-OH is 3. The predicted octanol–water partition coefficient (Wildman–Crippen LogP) is -7.30. The Hall–Kier alpha value is -4.80. The maximum absolute atomic E-state index is 13.1. The van der Waals surface area contributed by atoms with Gasteiger partial charge in [-0.15, -0.1) is 0 Å². The number of hydrogen-bond acceptors (Lipinski definition) is 12. The Morgan fingerprint density at radius 1 is 0.625 bits per heavy atom. The average Bonchev–Trinajstić information content (AvgIpc) is 2.98. The number of carbonyl (C=O) groups is 6. The SMILES string of the molecule is C[C@@H](O)[C@H](N)C(=O)N[C@@H](CCCN=C(N)N)C(=O)NCC(=O)N[C@H](C(=O)N[C@@H](CCCN=C(N)N)C(=O)N[C@H](C(=O)O)[C@@H](C)O)[C@@H](C)O. The second-order valence-electron chi connectivity index (χ2n) is 10.9. The number of aliphatic hydroxyl groups is 3. The first kappa shape index (κ1) is 43.2. The summed E-state index contributed by atoms with van der Waals surface area (Å²) in [5, 5.41) is 50.2. The average molecular weight is 691 g/mol. The van der Waals surface area contributed by atoms with Crippen LogP contribution in [-0.4, -0.2) is 136 Å². The van der Waals surface area contributed by atoms with E-state index in [4.69, 9.17) is 28.7 Å². The summed E-state index contributed by atoms with van der Waals surface area (Å²) in [5.74, 6) is -6.63. The summed E-state index contributed by atoms with van der Waals surface area (Å²) in [7, 11) is 0. The molecule has 0 bridgehead atoms. The smallest absolute Gasteiger partial charge is 0.328 e. The molecule has 5 amide bonds. The van der Waals surface area contributed by atoms with E-state index in [0.29, 0.717) is 0 Å². The van der Waals surface area contributed by atoms with E-state index in [2.05, 4.69) is 36.6 Å². The summed E-state index contributed by atoms with van der Waals surface area (Å²) in [5.41, 5.74) is 26.8. The summed E-state index contributed by atoms with van der Waals surface area (Å²) >= 11 is 0. The van der Waals surface area contributed by atoms with Crippen LogP contribution < -0.4 is 55.3 Å². The Labute approximate surface area is 276 Å². The summed E-state index contributed by atoms with van der Waals surface area (Å²) in [6, 6.07) is -7.37. The molecular formula is C26H50N12O10. The van der Waals surface area contributed by atoms with Gasteiger partial charge in [-0.05, 0) is 46.5 Å². The third-order valence-electron chi connectivity index (χ3n) is 6.53. The highest BCUT2D eigenvalue weighted by Gasteiger charge is 2.33. The first-order valence-electron chi connectivity index (χ1n) is 14.9. The summed E-state index contributed by atoms with van der Waals surface area (Å²) in [4.78, 5) is 83.0. The molecule has 0 aromatic rings. The largest absolute Gasteiger partial charge is 0.480 e. The van der Waals surface area contributed by atoms with E-state index < -0.39 is 90.6 Å². The number of aliphatic carboxylic acids is 1. The van der Waals surface area contributed by atoms with Gasteiger partial charge in [-0.25, -0.2) is 4.79 Å². The molecule has 0 fully saturated rings. The number of aliphatic imine (C=N–C) groups is 2. The van der Waals surface area contributed by atoms with Gasteiger partial charge in [0.25, 0.3) is 0 Å². The van der Waals surface area contributed by atoms with Crippen LogP contribution in [0.25, 0.3) is 0 Å². The molecule has 22 nitrogen and oxygen atoms in total. The number of amides is 5. The highest BCUT2D eigenvalue weighted by molar-refractivity contribution is 5.95. The molecule has 22 heteroatoms. The zero-order chi connectivity index (χ0) is 37.1. The molecule has 0 aliphatic carbocycles. The topological polar surface area (TPSA) is 398 Å². The molecule has 8 atom stereocenters. The molecule has 19 N–H and O–H groups in total. The van der Waals surface area contributed by atoms with Crippen LogP contribution in [0.5, 0.6) is 0 Å². The molecule has 0 spiro atoms. The third-order valence-corrected chi connectivity index (χ3v) is 6.53. The molecule has 0 radical (unpaired) electrons. The second kappa shape index (κ2) is 21.9. The van der Waals surface area contributed by atoms with Gasteiger partial charge in [0.1, 0.15) is 24.2 Å². The van der Waals surface area contributed by atoms with Crippen molar-refractivity contribution in [1.82, 2.24) is 26.6 Å². The highest BCUT2D eigenvalue weighted by atomic mass is 16.4. The van der Waals surface area contributed by atoms with E-state index in [-0.39, 0.29) is 50.7 Å². The van der Waals surface area contributed by atoms with Crippen LogP contribution in [0.1, 0.15) is 46.5 Å². The monoisotopic (exact) mass is 690 g/mol. The van der Waals surface area contributed by atoms with Crippen LogP contribution >= 0.6 is 0 Å². The quantitative estimate of drug-likeness (QED) is 0.0285. The molecule has 0 aromatic carbocycles. The van der Waals surface area contributed by atoms with Crippen molar-refractivity contribution in [3.8, 4) is 0 Å². The van der Waals surface area contributed by atoms with E-state index in [1.807, 2.05) is 0 Å². The lowest BCUT2D eigenvalue weighted by atomic mass is 10.1. The minimum atomic E-state index is -1.71. The fourth-order valence-corrected chi connectivity index (χ4v) is 3.86. The van der Waals surface area contributed by atoms with Gasteiger partial charge in [-0.3, -0.25) is 34.0 Å². The number of nitrogens with zero attached hydrogens (tertiary/aromatic N) is 2. The summed E-state index contributed by atoms with van der Waals surface area (Å²) < 4.78 is 0. The van der Waals surface area contributed by atoms with Crippen molar-refractivity contribution in [2.24, 2.45) is 38.7 Å². The van der Waals surface area contributed by atoms with Crippen molar-refractivity contribution in [2.75, 3.05) is 19.6 Å². The molecule has 0 unspecified atom stereocenters. The lowest BCUT2D eigenvalue weighted by molar-refractivity contribution is -0.145. The maximum atomic E-state index is 13.1. The number of nitrogens with two attached hydrogens (primary N) is 5. The number of guanidine groups is 2. The fourth-order valence-electron chi connectivity index (χ4n) is 3.86. The number of carbonyl (C=O) groups excluding carboxylic acids is 5. The van der Waals surface area contributed by atoms with Crippen LogP contribution in [0, 0.1) is 0 Å². The van der Waals surface area contributed by atoms with E-state index >= 15 is 0 Å². The van der Waals surface area contributed by atoms with Crippen molar-refractivity contribution in [3.05, 3.63) is 0 Å². The predicted molar refractivity (Wildman–Crippen MR) is 171 cm³/mol. The van der Waals surface area contributed by atoms with Crippen LogP contribution in [0.15, 0.2) is 9.98 Å². The van der Waals surface area contributed by atoms with Gasteiger partial charge in [-0.2, -0.15) is 0 Å². The Balaban J connectivity index is 5.67. The second-order valence-corrected chi connectivity index (χ2v) is 10.9. The summed E-state index contributed by atoms with van der Waals surface area (Å²) in [6.45, 7) is 3.00. The van der Waals surface area contributed by atoms with Crippen LogP contribution in [0.2, 0.25) is 0 Å². The Kier molecular flexibility index (Phi) is 19.7. The number of carboxylic acid groups (broad SMARTS) is 1. The molecule has 0 aliphatic heterocycles. The fraction of sp³-hybridized carbons (Fsp3) is 0.692. The van der Waals surface area contributed by atoms with Crippen LogP contribution in [0.4, 0.5) is 0 Å². The van der Waals surface area contributed by atoms with Crippen molar-refractivity contribution in [1.29, 1.82) is 0 Å². The first-order valence-corrected chi connectivity index (χ1v) is 14.9. The van der Waals surface area contributed by atoms with E-state index in [1.165, 1.54) is 13.8 Å². The van der Waals surface area contributed by atoms with E-state index in [0.717, 1.165) is 6.92 Å². The molecule has 48 heavy (non-hydrogen) atoms. The molecule has 274 valence electrons. The van der Waals surface area contributed by atoms with Gasteiger partial charge in [0.15, 0.2) is 18.0 Å². The standard InChI is InChI=1S/C26H50N12O10/c1-11(39)17(27)22(45)35-14(6-4-8-32-25(28)29)20(43)34-10-16(42)37-18(12(2)40)23(46)36-15(7-5-9-33-26(30)31)21(44)38-19(13(3)41)24(47)48/h11-15,17-19,39-41H,4-10,27H2,1-3H3,(H,34,43)(H,35,45)(H,36,46)(H,37,42)(H,38,44)(H,47,48)(H4,28,29,32)(H4,30,31,33)/t11-,12-,13-,14+,15+,17+,18+,19+/m1/s1. The zero-order valence-corrected chi connectivity index (χ0v) is 27.1. The van der Waals surface area contributed by atoms with Gasteiger partial charge < -0.3 is 75.7 Å². The first-order chi connectivity index (χ1) is 22.3. The maximum Gasteiger partial charge on any atom is 0.328 e. The van der Waals surface area contributed by atoms with Crippen molar-refractivity contribution < 1.29 is 49.2 Å². The molecule has 0 saturated heterocycles. The van der Waals surface area contributed by atoms with E-state index in [9.17, 15) is 49.2 Å². The number of hydrogen-bond donors (Lipinski definition) is 14. The number of rotatable bonds is 22. The van der Waals surface area contributed by atoms with Crippen LogP contribution in [0.3, 0.4) is 0 Å². The molecule has 0 aromatic heterocycles. The normalized spacial score (nSPS) is 15.8. The number of nitrogens with one attached hydrogen (secondary N) is 5. The van der Waals surface area contributed by atoms with Gasteiger partial charge in [0.2, 0.25) is 29.5 Å².